The Kier molecular flexibility index (Phi) is 3.15. The smallest absolute Gasteiger partial charge is 0.0490 e. The first-order valence-corrected chi connectivity index (χ1v) is 5.09. The summed E-state index contributed by atoms with van der Waals surface area (Å²) in [5.41, 5.74) is 3.73. The molecule has 0 saturated heterocycles. The third-order valence-corrected chi connectivity index (χ3v) is 2.29. The second-order valence-electron chi connectivity index (χ2n) is 3.67. The standard InChI is InChI=1S/C12H15N3/c1-10-3-2-4-11(7-10)8-13-9-12-5-6-14-15-12/h2-7,13H,8-9H2,1H3,(H,14,15). The second kappa shape index (κ2) is 4.75. The van der Waals surface area contributed by atoms with E-state index in [0.717, 1.165) is 18.8 Å². The van der Waals surface area contributed by atoms with Crippen LogP contribution in [0.2, 0.25) is 0 Å². The molecule has 3 heteroatoms. The summed E-state index contributed by atoms with van der Waals surface area (Å²) < 4.78 is 0. The van der Waals surface area contributed by atoms with Gasteiger partial charge in [-0.15, -0.1) is 0 Å². The molecule has 0 saturated carbocycles. The summed E-state index contributed by atoms with van der Waals surface area (Å²) in [4.78, 5) is 0. The summed E-state index contributed by atoms with van der Waals surface area (Å²) in [5.74, 6) is 0. The van der Waals surface area contributed by atoms with Crippen LogP contribution in [0.15, 0.2) is 36.5 Å². The maximum Gasteiger partial charge on any atom is 0.0490 e. The Morgan fingerprint density at radius 3 is 2.93 bits per heavy atom. The van der Waals surface area contributed by atoms with E-state index in [2.05, 4.69) is 46.7 Å². The zero-order chi connectivity index (χ0) is 10.5. The predicted octanol–water partition coefficient (Wildman–Crippen LogP) is 2.01. The summed E-state index contributed by atoms with van der Waals surface area (Å²) in [6.45, 7) is 3.83. The molecule has 0 aliphatic heterocycles. The molecule has 2 rings (SSSR count). The van der Waals surface area contributed by atoms with E-state index in [1.807, 2.05) is 6.07 Å². The Balaban J connectivity index is 1.83. The highest BCUT2D eigenvalue weighted by molar-refractivity contribution is 5.22. The predicted molar refractivity (Wildman–Crippen MR) is 60.3 cm³/mol. The molecule has 0 amide bonds. The number of aromatic amines is 1. The quantitative estimate of drug-likeness (QED) is 0.794. The third-order valence-electron chi connectivity index (χ3n) is 2.29. The van der Waals surface area contributed by atoms with Gasteiger partial charge in [0, 0.05) is 25.0 Å². The van der Waals surface area contributed by atoms with Crippen molar-refractivity contribution in [1.82, 2.24) is 15.5 Å². The monoisotopic (exact) mass is 201 g/mol. The Bertz CT molecular complexity index is 407. The number of hydrogen-bond donors (Lipinski definition) is 2. The number of nitrogens with one attached hydrogen (secondary N) is 2. The van der Waals surface area contributed by atoms with Gasteiger partial charge in [-0.05, 0) is 18.6 Å². The number of aryl methyl sites for hydroxylation is 1. The van der Waals surface area contributed by atoms with E-state index in [0.29, 0.717) is 0 Å². The molecular weight excluding hydrogens is 186 g/mol. The average molecular weight is 201 g/mol. The summed E-state index contributed by atoms with van der Waals surface area (Å²) in [5, 5.41) is 10.2. The lowest BCUT2D eigenvalue weighted by Crippen LogP contribution is -2.12. The topological polar surface area (TPSA) is 40.7 Å². The Morgan fingerprint density at radius 1 is 1.27 bits per heavy atom. The first-order chi connectivity index (χ1) is 7.34. The van der Waals surface area contributed by atoms with Crippen LogP contribution in [0.1, 0.15) is 16.8 Å². The molecule has 2 aromatic rings. The number of rotatable bonds is 4. The number of H-pyrrole nitrogens is 1. The molecule has 0 bridgehead atoms. The maximum atomic E-state index is 3.90. The zero-order valence-electron chi connectivity index (χ0n) is 8.83. The molecule has 1 heterocycles. The molecular formula is C12H15N3. The van der Waals surface area contributed by atoms with Crippen LogP contribution in [0.5, 0.6) is 0 Å². The maximum absolute atomic E-state index is 3.90. The van der Waals surface area contributed by atoms with Crippen LogP contribution in [-0.4, -0.2) is 10.2 Å². The molecule has 1 aromatic heterocycles. The highest BCUT2D eigenvalue weighted by Gasteiger charge is 1.94. The minimum Gasteiger partial charge on any atom is -0.307 e. The van der Waals surface area contributed by atoms with Crippen molar-refractivity contribution >= 4 is 0 Å². The van der Waals surface area contributed by atoms with Gasteiger partial charge < -0.3 is 5.32 Å². The van der Waals surface area contributed by atoms with Crippen LogP contribution in [0.3, 0.4) is 0 Å². The second-order valence-corrected chi connectivity index (χ2v) is 3.67. The van der Waals surface area contributed by atoms with Gasteiger partial charge in [0.2, 0.25) is 0 Å². The normalized spacial score (nSPS) is 10.5. The van der Waals surface area contributed by atoms with Gasteiger partial charge >= 0.3 is 0 Å². The Morgan fingerprint density at radius 2 is 2.20 bits per heavy atom. The molecule has 2 N–H and O–H groups in total. The molecule has 3 nitrogen and oxygen atoms in total. The van der Waals surface area contributed by atoms with Gasteiger partial charge in [-0.1, -0.05) is 29.8 Å². The minimum atomic E-state index is 0.827. The molecule has 78 valence electrons. The number of aromatic nitrogens is 2. The van der Waals surface area contributed by atoms with Crippen molar-refractivity contribution < 1.29 is 0 Å². The molecule has 0 spiro atoms. The van der Waals surface area contributed by atoms with Crippen LogP contribution in [0, 0.1) is 6.92 Å². The first-order valence-electron chi connectivity index (χ1n) is 5.09. The highest BCUT2D eigenvalue weighted by Crippen LogP contribution is 2.03. The zero-order valence-corrected chi connectivity index (χ0v) is 8.83. The van der Waals surface area contributed by atoms with E-state index < -0.39 is 0 Å². The number of benzene rings is 1. The summed E-state index contributed by atoms with van der Waals surface area (Å²) >= 11 is 0. The van der Waals surface area contributed by atoms with Crippen molar-refractivity contribution in [3.63, 3.8) is 0 Å². The molecule has 0 unspecified atom stereocenters. The van der Waals surface area contributed by atoms with Crippen molar-refractivity contribution in [2.75, 3.05) is 0 Å². The van der Waals surface area contributed by atoms with Crippen molar-refractivity contribution in [3.05, 3.63) is 53.3 Å². The van der Waals surface area contributed by atoms with E-state index in [1.165, 1.54) is 11.1 Å². The summed E-state index contributed by atoms with van der Waals surface area (Å²) in [7, 11) is 0. The number of hydrogen-bond acceptors (Lipinski definition) is 2. The average Bonchev–Trinajstić information content (AvgIpc) is 2.71. The van der Waals surface area contributed by atoms with E-state index in [9.17, 15) is 0 Å². The first kappa shape index (κ1) is 9.93. The van der Waals surface area contributed by atoms with Gasteiger partial charge in [-0.25, -0.2) is 0 Å². The largest absolute Gasteiger partial charge is 0.307 e. The van der Waals surface area contributed by atoms with Crippen LogP contribution >= 0.6 is 0 Å². The lowest BCUT2D eigenvalue weighted by atomic mass is 10.1. The molecule has 0 radical (unpaired) electrons. The highest BCUT2D eigenvalue weighted by atomic mass is 15.1. The van der Waals surface area contributed by atoms with Gasteiger partial charge in [0.1, 0.15) is 0 Å². The van der Waals surface area contributed by atoms with Gasteiger partial charge in [0.15, 0.2) is 0 Å². The minimum absolute atomic E-state index is 0.827. The third kappa shape index (κ3) is 2.92. The van der Waals surface area contributed by atoms with Crippen molar-refractivity contribution in [2.24, 2.45) is 0 Å². The fourth-order valence-electron chi connectivity index (χ4n) is 1.55. The Hall–Kier alpha value is -1.61. The summed E-state index contributed by atoms with van der Waals surface area (Å²) in [6.07, 6.45) is 1.77. The Labute approximate surface area is 89.5 Å². The molecule has 1 aromatic carbocycles. The van der Waals surface area contributed by atoms with Crippen LogP contribution < -0.4 is 5.32 Å². The van der Waals surface area contributed by atoms with Crippen LogP contribution in [0.25, 0.3) is 0 Å². The van der Waals surface area contributed by atoms with Crippen LogP contribution in [-0.2, 0) is 13.1 Å². The lowest BCUT2D eigenvalue weighted by Gasteiger charge is -2.04. The molecule has 0 aliphatic rings. The van der Waals surface area contributed by atoms with Crippen molar-refractivity contribution in [2.45, 2.75) is 20.0 Å². The molecule has 15 heavy (non-hydrogen) atoms. The lowest BCUT2D eigenvalue weighted by molar-refractivity contribution is 0.677. The SMILES string of the molecule is Cc1cccc(CNCc2ccn[nH]2)c1. The van der Waals surface area contributed by atoms with E-state index in [1.54, 1.807) is 6.20 Å². The van der Waals surface area contributed by atoms with E-state index in [4.69, 9.17) is 0 Å². The van der Waals surface area contributed by atoms with Crippen LogP contribution in [0.4, 0.5) is 0 Å². The fraction of sp³-hybridized carbons (Fsp3) is 0.250. The van der Waals surface area contributed by atoms with Gasteiger partial charge in [-0.3, -0.25) is 5.10 Å². The fourth-order valence-corrected chi connectivity index (χ4v) is 1.55. The summed E-state index contributed by atoms with van der Waals surface area (Å²) in [6, 6.07) is 10.5. The number of nitrogens with zero attached hydrogens (tertiary/aromatic N) is 1. The van der Waals surface area contributed by atoms with Crippen molar-refractivity contribution in [3.8, 4) is 0 Å². The molecule has 0 aliphatic carbocycles. The van der Waals surface area contributed by atoms with E-state index in [-0.39, 0.29) is 0 Å². The van der Waals surface area contributed by atoms with Gasteiger partial charge in [0.05, 0.1) is 0 Å². The molecule has 0 atom stereocenters. The van der Waals surface area contributed by atoms with Gasteiger partial charge in [-0.2, -0.15) is 5.10 Å². The van der Waals surface area contributed by atoms with Crippen molar-refractivity contribution in [1.29, 1.82) is 0 Å². The van der Waals surface area contributed by atoms with E-state index >= 15 is 0 Å². The molecule has 0 fully saturated rings. The van der Waals surface area contributed by atoms with Gasteiger partial charge in [0.25, 0.3) is 0 Å².